The fourth-order valence-electron chi connectivity index (χ4n) is 3.93. The van der Waals surface area contributed by atoms with Crippen molar-refractivity contribution in [2.24, 2.45) is 0 Å². The van der Waals surface area contributed by atoms with Crippen LogP contribution < -0.4 is 15.5 Å². The molecule has 11 nitrogen and oxygen atoms in total. The van der Waals surface area contributed by atoms with E-state index in [1.165, 1.54) is 42.6 Å². The summed E-state index contributed by atoms with van der Waals surface area (Å²) in [6.07, 6.45) is 2.01. The van der Waals surface area contributed by atoms with Gasteiger partial charge in [0.25, 0.3) is 5.91 Å². The molecule has 3 unspecified atom stereocenters. The Bertz CT molecular complexity index is 1430. The van der Waals surface area contributed by atoms with Gasteiger partial charge in [0.2, 0.25) is 5.95 Å². The van der Waals surface area contributed by atoms with Gasteiger partial charge in [-0.05, 0) is 53.2 Å². The summed E-state index contributed by atoms with van der Waals surface area (Å²) in [7, 11) is 40.5. The number of carbonyl (C=O) groups excluding carboxylic acids is 1. The lowest BCUT2D eigenvalue weighted by atomic mass is 9.37. The topological polar surface area (TPSA) is 164 Å². The van der Waals surface area contributed by atoms with Gasteiger partial charge in [0.15, 0.2) is 29.2 Å². The maximum atomic E-state index is 12.2. The lowest BCUT2D eigenvalue weighted by molar-refractivity contribution is -0.259. The number of morpholine rings is 1. The second kappa shape index (κ2) is 10.4. The van der Waals surface area contributed by atoms with E-state index in [0.29, 0.717) is 23.2 Å². The zero-order chi connectivity index (χ0) is 30.4. The van der Waals surface area contributed by atoms with E-state index < -0.39 is 33.6 Å². The summed E-state index contributed by atoms with van der Waals surface area (Å²) < 4.78 is 4.89. The fourth-order valence-corrected chi connectivity index (χ4v) is 3.93. The highest BCUT2D eigenvalue weighted by Gasteiger charge is 2.60. The molecular weight excluding hydrogens is 516 g/mol. The normalized spacial score (nSPS) is 24.5. The number of nitrogens with zero attached hydrogens (tertiary/aromatic N) is 3. The first-order valence-electron chi connectivity index (χ1n) is 11.7. The summed E-state index contributed by atoms with van der Waals surface area (Å²) in [5, 5.41) is 38.1. The van der Waals surface area contributed by atoms with Crippen molar-refractivity contribution < 1.29 is 24.9 Å². The molecule has 0 aliphatic carbocycles. The Labute approximate surface area is 245 Å². The van der Waals surface area contributed by atoms with Crippen molar-refractivity contribution in [3.8, 4) is 11.3 Å². The van der Waals surface area contributed by atoms with Crippen LogP contribution in [0.2, 0.25) is 0 Å². The lowest BCUT2D eigenvalue weighted by Crippen LogP contribution is -2.86. The molecule has 0 bridgehead atoms. The number of ether oxygens (including phenoxy) is 1. The number of hydrogen-bond acceptors (Lipinski definition) is 10. The summed E-state index contributed by atoms with van der Waals surface area (Å²) >= 11 is 0. The summed E-state index contributed by atoms with van der Waals surface area (Å²) in [6.45, 7) is 0. The van der Waals surface area contributed by atoms with E-state index >= 15 is 0 Å². The highest BCUT2D eigenvalue weighted by atomic mass is 16.7. The zero-order valence-corrected chi connectivity index (χ0v) is 21.4. The van der Waals surface area contributed by atoms with Crippen molar-refractivity contribution in [3.63, 3.8) is 0 Å². The first kappa shape index (κ1) is 30.5. The third-order valence-corrected chi connectivity index (χ3v) is 6.20. The monoisotopic (exact) mass is 534 g/mol. The maximum absolute atomic E-state index is 12.2. The summed E-state index contributed by atoms with van der Waals surface area (Å²) in [4.78, 5) is 21.6. The summed E-state index contributed by atoms with van der Waals surface area (Å²) in [5.41, 5.74) is -6.15. The second-order valence-corrected chi connectivity index (χ2v) is 9.42. The molecule has 18 heteroatoms. The molecule has 4 rings (SSSR count). The van der Waals surface area contributed by atoms with Crippen molar-refractivity contribution in [1.82, 2.24) is 15.3 Å². The maximum Gasteiger partial charge on any atom is 0.253 e. The average molecular weight is 533 g/mol. The molecule has 1 aliphatic heterocycles. The molecule has 1 aromatic heterocycles. The summed E-state index contributed by atoms with van der Waals surface area (Å²) in [5.74, 6) is -0.464. The van der Waals surface area contributed by atoms with Crippen LogP contribution in [0.5, 0.6) is 0 Å². The Kier molecular flexibility index (Phi) is 7.76. The molecule has 2 aromatic carbocycles. The van der Waals surface area contributed by atoms with Crippen molar-refractivity contribution in [2.75, 3.05) is 10.2 Å². The molecule has 3 aromatic rings. The highest BCUT2D eigenvalue weighted by Crippen LogP contribution is 2.43. The van der Waals surface area contributed by atoms with Gasteiger partial charge >= 0.3 is 0 Å². The van der Waals surface area contributed by atoms with Gasteiger partial charge in [0, 0.05) is 34.9 Å². The number of rotatable bonds is 7. The predicted molar refractivity (Wildman–Crippen MR) is 158 cm³/mol. The number of aliphatic hydroxyl groups is 3. The number of nitrogens with one attached hydrogen (secondary N) is 3. The van der Waals surface area contributed by atoms with Gasteiger partial charge in [-0.25, -0.2) is 9.97 Å². The predicted octanol–water partition coefficient (Wildman–Crippen LogP) is -2.47. The molecule has 1 amide bonds. The standard InChI is InChI=1S/C23H17B7N6O5/c24-19(38,11-31)35-17(37)13-3-1-12(2-4-13)16-9-10-32-18(34-16)33-14-5-7-15(8-6-14)36-20(25,26)21(27,28)41-23(30,40)22(36,29)39/h1-11,31,38-40H,(H,35,37)(H,32,33,34). The minimum absolute atomic E-state index is 0.0745. The van der Waals surface area contributed by atoms with Gasteiger partial charge in [-0.2, -0.15) is 0 Å². The minimum Gasteiger partial charge on any atom is -0.376 e. The van der Waals surface area contributed by atoms with Crippen LogP contribution in [0.3, 0.4) is 0 Å². The number of aromatic nitrogens is 2. The average Bonchev–Trinajstić information content (AvgIpc) is 2.88. The number of hydrogen-bond donors (Lipinski definition) is 6. The largest absolute Gasteiger partial charge is 0.376 e. The highest BCUT2D eigenvalue weighted by molar-refractivity contribution is 6.56. The first-order valence-corrected chi connectivity index (χ1v) is 11.7. The van der Waals surface area contributed by atoms with Crippen LogP contribution in [0.15, 0.2) is 60.8 Å². The Morgan fingerprint density at radius 2 is 1.61 bits per heavy atom. The smallest absolute Gasteiger partial charge is 0.253 e. The molecule has 0 spiro atoms. The van der Waals surface area contributed by atoms with E-state index in [0.717, 1.165) is 4.90 Å². The van der Waals surface area contributed by atoms with Crippen LogP contribution in [0.4, 0.5) is 17.3 Å². The van der Waals surface area contributed by atoms with Crippen LogP contribution >= 0.6 is 0 Å². The molecule has 3 atom stereocenters. The van der Waals surface area contributed by atoms with Crippen LogP contribution in [-0.2, 0) is 4.74 Å². The second-order valence-electron chi connectivity index (χ2n) is 9.42. The third kappa shape index (κ3) is 5.83. The fraction of sp³-hybridized carbons (Fsp3) is 0.217. The van der Waals surface area contributed by atoms with Crippen LogP contribution in [-0.4, -0.2) is 120 Å². The van der Waals surface area contributed by atoms with E-state index in [9.17, 15) is 20.1 Å². The molecule has 14 radical (unpaired) electrons. The van der Waals surface area contributed by atoms with Crippen LogP contribution in [0, 0.1) is 5.41 Å². The molecule has 6 N–H and O–H groups in total. The molecule has 0 saturated carbocycles. The van der Waals surface area contributed by atoms with Gasteiger partial charge in [-0.1, -0.05) is 12.1 Å². The Morgan fingerprint density at radius 1 is 1.00 bits per heavy atom. The number of amides is 1. The Balaban J connectivity index is 1.53. The number of carbonyl (C=O) groups is 1. The van der Waals surface area contributed by atoms with Crippen molar-refractivity contribution in [2.45, 2.75) is 27.7 Å². The first-order chi connectivity index (χ1) is 18.9. The molecule has 190 valence electrons. The Hall–Kier alpha value is -3.45. The quantitative estimate of drug-likeness (QED) is 0.110. The molecular formula is C23H17B7N6O5. The lowest BCUT2D eigenvalue weighted by Gasteiger charge is -2.67. The van der Waals surface area contributed by atoms with Crippen LogP contribution in [0.1, 0.15) is 10.4 Å². The van der Waals surface area contributed by atoms with Crippen molar-refractivity contribution in [3.05, 3.63) is 66.4 Å². The van der Waals surface area contributed by atoms with Crippen molar-refractivity contribution in [1.29, 1.82) is 5.41 Å². The van der Waals surface area contributed by atoms with Gasteiger partial charge in [-0.15, -0.1) is 0 Å². The van der Waals surface area contributed by atoms with E-state index in [-0.39, 0.29) is 17.2 Å². The SMILES string of the molecule is [B]C(O)(C=N)NC(=O)c1ccc(-c2ccnc(Nc3ccc(N4C([B])([B])C([B])([B])OC([B])(O)C4([B])O)cc3)n2)cc1. The van der Waals surface area contributed by atoms with E-state index in [2.05, 4.69) is 20.6 Å². The Morgan fingerprint density at radius 3 is 2.20 bits per heavy atom. The summed E-state index contributed by atoms with van der Waals surface area (Å²) in [6, 6.07) is 13.8. The van der Waals surface area contributed by atoms with E-state index in [1.54, 1.807) is 18.2 Å². The van der Waals surface area contributed by atoms with Gasteiger partial charge in [0.05, 0.1) is 21.4 Å². The minimum atomic E-state index is -2.96. The van der Waals surface area contributed by atoms with Crippen LogP contribution in [0.25, 0.3) is 11.3 Å². The van der Waals surface area contributed by atoms with E-state index in [1.807, 2.05) is 0 Å². The molecule has 41 heavy (non-hydrogen) atoms. The van der Waals surface area contributed by atoms with Gasteiger partial charge in [0.1, 0.15) is 26.9 Å². The zero-order valence-electron chi connectivity index (χ0n) is 21.4. The molecule has 1 fully saturated rings. The molecule has 1 aliphatic rings. The molecule has 1 saturated heterocycles. The number of benzene rings is 2. The van der Waals surface area contributed by atoms with Crippen molar-refractivity contribution >= 4 is 84.4 Å². The van der Waals surface area contributed by atoms with Gasteiger partial charge in [-0.3, -0.25) is 4.79 Å². The van der Waals surface area contributed by atoms with E-state index in [4.69, 9.17) is 65.1 Å². The third-order valence-electron chi connectivity index (χ3n) is 6.20. The van der Waals surface area contributed by atoms with Gasteiger partial charge < -0.3 is 41.0 Å². The number of anilines is 3. The molecule has 2 heterocycles.